The van der Waals surface area contributed by atoms with E-state index in [2.05, 4.69) is 15.9 Å². The molecule has 0 aliphatic rings. The van der Waals surface area contributed by atoms with Crippen LogP contribution in [0.25, 0.3) is 11.0 Å². The van der Waals surface area contributed by atoms with E-state index in [-0.39, 0.29) is 17.8 Å². The number of hydrogen-bond donors (Lipinski definition) is 0. The summed E-state index contributed by atoms with van der Waals surface area (Å²) in [4.78, 5) is 25.3. The van der Waals surface area contributed by atoms with Gasteiger partial charge >= 0.3 is 5.97 Å². The van der Waals surface area contributed by atoms with Crippen molar-refractivity contribution < 1.29 is 23.4 Å². The SMILES string of the molecule is CCC(Oc1ccc2c(=O)c(Oc3ccccc3Br)coc2c1)C(=O)OCc1ccccc1. The van der Waals surface area contributed by atoms with Crippen LogP contribution >= 0.6 is 15.9 Å². The fourth-order valence-electron chi connectivity index (χ4n) is 3.16. The molecular formula is C26H21BrO6. The van der Waals surface area contributed by atoms with Crippen LogP contribution in [0.1, 0.15) is 18.9 Å². The third-order valence-corrected chi connectivity index (χ3v) is 5.56. The number of carbonyl (C=O) groups is 1. The third-order valence-electron chi connectivity index (χ3n) is 4.91. The first-order valence-electron chi connectivity index (χ1n) is 10.4. The van der Waals surface area contributed by atoms with Crippen molar-refractivity contribution in [2.45, 2.75) is 26.1 Å². The van der Waals surface area contributed by atoms with Gasteiger partial charge < -0.3 is 18.6 Å². The maximum atomic E-state index is 12.8. The fourth-order valence-corrected chi connectivity index (χ4v) is 3.53. The van der Waals surface area contributed by atoms with Gasteiger partial charge in [-0.05, 0) is 52.2 Å². The van der Waals surface area contributed by atoms with Crippen LogP contribution in [0.4, 0.5) is 0 Å². The summed E-state index contributed by atoms with van der Waals surface area (Å²) in [5, 5.41) is 0.339. The molecule has 3 aromatic carbocycles. The molecule has 0 radical (unpaired) electrons. The lowest BCUT2D eigenvalue weighted by Crippen LogP contribution is -2.28. The van der Waals surface area contributed by atoms with Crippen molar-refractivity contribution >= 4 is 32.9 Å². The molecule has 4 rings (SSSR count). The lowest BCUT2D eigenvalue weighted by molar-refractivity contribution is -0.153. The summed E-state index contributed by atoms with van der Waals surface area (Å²) in [6.07, 6.45) is 0.907. The van der Waals surface area contributed by atoms with Gasteiger partial charge in [0.1, 0.15) is 30.0 Å². The van der Waals surface area contributed by atoms with Crippen molar-refractivity contribution in [2.75, 3.05) is 0 Å². The number of halogens is 1. The molecule has 0 aliphatic carbocycles. The van der Waals surface area contributed by atoms with Crippen molar-refractivity contribution in [3.8, 4) is 17.2 Å². The molecule has 0 fully saturated rings. The molecule has 6 nitrogen and oxygen atoms in total. The zero-order chi connectivity index (χ0) is 23.2. The van der Waals surface area contributed by atoms with Crippen molar-refractivity contribution in [2.24, 2.45) is 0 Å². The topological polar surface area (TPSA) is 75.0 Å². The van der Waals surface area contributed by atoms with Crippen molar-refractivity contribution in [3.05, 3.63) is 99.3 Å². The second kappa shape index (κ2) is 10.4. The van der Waals surface area contributed by atoms with Gasteiger partial charge in [0.15, 0.2) is 6.10 Å². The molecule has 0 N–H and O–H groups in total. The van der Waals surface area contributed by atoms with Gasteiger partial charge in [-0.25, -0.2) is 4.79 Å². The summed E-state index contributed by atoms with van der Waals surface area (Å²) in [7, 11) is 0. The summed E-state index contributed by atoms with van der Waals surface area (Å²) >= 11 is 3.39. The number of carbonyl (C=O) groups excluding carboxylic acids is 1. The minimum Gasteiger partial charge on any atom is -0.479 e. The van der Waals surface area contributed by atoms with Crippen LogP contribution in [-0.4, -0.2) is 12.1 Å². The number of ether oxygens (including phenoxy) is 3. The highest BCUT2D eigenvalue weighted by Gasteiger charge is 2.21. The Kier molecular flexibility index (Phi) is 7.10. The first-order valence-corrected chi connectivity index (χ1v) is 11.2. The maximum absolute atomic E-state index is 12.8. The largest absolute Gasteiger partial charge is 0.479 e. The van der Waals surface area contributed by atoms with Crippen molar-refractivity contribution in [1.29, 1.82) is 0 Å². The quantitative estimate of drug-likeness (QED) is 0.262. The normalized spacial score (nSPS) is 11.7. The second-order valence-electron chi connectivity index (χ2n) is 7.23. The van der Waals surface area contributed by atoms with Crippen LogP contribution < -0.4 is 14.9 Å². The molecule has 0 amide bonds. The minimum atomic E-state index is -0.782. The minimum absolute atomic E-state index is 0.0685. The fraction of sp³-hybridized carbons (Fsp3) is 0.154. The molecule has 0 spiro atoms. The Morgan fingerprint density at radius 3 is 2.52 bits per heavy atom. The number of para-hydroxylation sites is 1. The van der Waals surface area contributed by atoms with E-state index in [4.69, 9.17) is 18.6 Å². The van der Waals surface area contributed by atoms with E-state index in [1.54, 1.807) is 30.3 Å². The van der Waals surface area contributed by atoms with E-state index < -0.39 is 12.1 Å². The molecule has 0 bridgehead atoms. The summed E-state index contributed by atoms with van der Waals surface area (Å²) in [6, 6.07) is 21.4. The molecule has 1 atom stereocenters. The Hall–Kier alpha value is -3.58. The summed E-state index contributed by atoms with van der Waals surface area (Å²) in [5.74, 6) is 0.511. The molecule has 0 saturated heterocycles. The lowest BCUT2D eigenvalue weighted by Gasteiger charge is -2.17. The Labute approximate surface area is 198 Å². The first-order chi connectivity index (χ1) is 16.0. The summed E-state index contributed by atoms with van der Waals surface area (Å²) in [5.41, 5.74) is 0.908. The van der Waals surface area contributed by atoms with E-state index >= 15 is 0 Å². The Balaban J connectivity index is 1.48. The molecular weight excluding hydrogens is 488 g/mol. The van der Waals surface area contributed by atoms with Crippen LogP contribution in [0.3, 0.4) is 0 Å². The predicted octanol–water partition coefficient (Wildman–Crippen LogP) is 6.25. The van der Waals surface area contributed by atoms with Crippen LogP contribution in [0.5, 0.6) is 17.2 Å². The molecule has 1 unspecified atom stereocenters. The highest BCUT2D eigenvalue weighted by atomic mass is 79.9. The smallest absolute Gasteiger partial charge is 0.347 e. The van der Waals surface area contributed by atoms with Crippen LogP contribution in [0, 0.1) is 0 Å². The van der Waals surface area contributed by atoms with Crippen molar-refractivity contribution in [3.63, 3.8) is 0 Å². The molecule has 4 aromatic rings. The zero-order valence-corrected chi connectivity index (χ0v) is 19.4. The van der Waals surface area contributed by atoms with Crippen LogP contribution in [0.15, 0.2) is 92.7 Å². The highest BCUT2D eigenvalue weighted by molar-refractivity contribution is 9.10. The molecule has 0 aliphatic heterocycles. The maximum Gasteiger partial charge on any atom is 0.347 e. The van der Waals surface area contributed by atoms with Gasteiger partial charge in [0.05, 0.1) is 9.86 Å². The molecule has 1 aromatic heterocycles. The average molecular weight is 509 g/mol. The monoisotopic (exact) mass is 508 g/mol. The Morgan fingerprint density at radius 2 is 1.76 bits per heavy atom. The number of rotatable bonds is 8. The van der Waals surface area contributed by atoms with Gasteiger partial charge in [-0.2, -0.15) is 0 Å². The lowest BCUT2D eigenvalue weighted by atomic mass is 10.2. The number of hydrogen-bond acceptors (Lipinski definition) is 6. The van der Waals surface area contributed by atoms with Gasteiger partial charge in [0, 0.05) is 6.07 Å². The second-order valence-corrected chi connectivity index (χ2v) is 8.08. The van der Waals surface area contributed by atoms with E-state index in [0.717, 1.165) is 10.0 Å². The van der Waals surface area contributed by atoms with Gasteiger partial charge in [0.25, 0.3) is 0 Å². The summed E-state index contributed by atoms with van der Waals surface area (Å²) in [6.45, 7) is 2.01. The summed E-state index contributed by atoms with van der Waals surface area (Å²) < 4.78 is 23.3. The van der Waals surface area contributed by atoms with Crippen molar-refractivity contribution in [1.82, 2.24) is 0 Å². The Bertz CT molecular complexity index is 1320. The van der Waals surface area contributed by atoms with E-state index in [9.17, 15) is 9.59 Å². The van der Waals surface area contributed by atoms with Crippen LogP contribution in [-0.2, 0) is 16.1 Å². The highest BCUT2D eigenvalue weighted by Crippen LogP contribution is 2.29. The average Bonchev–Trinajstić information content (AvgIpc) is 2.84. The number of fused-ring (bicyclic) bond motifs is 1. The standard InChI is InChI=1S/C26H21BrO6/c1-2-21(26(29)31-15-17-8-4-3-5-9-17)32-18-12-13-19-23(14-18)30-16-24(25(19)28)33-22-11-7-6-10-20(22)27/h3-14,16,21H,2,15H2,1H3. The number of benzene rings is 3. The third kappa shape index (κ3) is 5.43. The molecule has 168 valence electrons. The van der Waals surface area contributed by atoms with E-state index in [0.29, 0.717) is 28.9 Å². The number of esters is 1. The van der Waals surface area contributed by atoms with Gasteiger partial charge in [-0.15, -0.1) is 0 Å². The first kappa shape index (κ1) is 22.6. The predicted molar refractivity (Wildman–Crippen MR) is 128 cm³/mol. The van der Waals surface area contributed by atoms with Gasteiger partial charge in [-0.1, -0.05) is 49.4 Å². The van der Waals surface area contributed by atoms with E-state index in [1.807, 2.05) is 49.4 Å². The Morgan fingerprint density at radius 1 is 1.00 bits per heavy atom. The van der Waals surface area contributed by atoms with Gasteiger partial charge in [-0.3, -0.25) is 4.79 Å². The zero-order valence-electron chi connectivity index (χ0n) is 17.8. The van der Waals surface area contributed by atoms with Gasteiger partial charge in [0.2, 0.25) is 11.2 Å². The van der Waals surface area contributed by atoms with E-state index in [1.165, 1.54) is 6.26 Å². The molecule has 33 heavy (non-hydrogen) atoms. The molecule has 1 heterocycles. The van der Waals surface area contributed by atoms with Crippen LogP contribution in [0.2, 0.25) is 0 Å². The molecule has 7 heteroatoms. The molecule has 0 saturated carbocycles.